The van der Waals surface area contributed by atoms with Crippen LogP contribution in [0.4, 0.5) is 4.79 Å². The van der Waals surface area contributed by atoms with Crippen LogP contribution >= 0.6 is 0 Å². The molecule has 7 heteroatoms. The molecule has 0 bridgehead atoms. The lowest BCUT2D eigenvalue weighted by Crippen LogP contribution is -2.45. The van der Waals surface area contributed by atoms with Crippen molar-refractivity contribution in [1.29, 1.82) is 0 Å². The van der Waals surface area contributed by atoms with E-state index in [0.717, 1.165) is 18.2 Å². The fraction of sp³-hybridized carbons (Fsp3) is 0.556. The van der Waals surface area contributed by atoms with Gasteiger partial charge in [0.05, 0.1) is 0 Å². The molecule has 0 aliphatic heterocycles. The van der Waals surface area contributed by atoms with Gasteiger partial charge in [-0.25, -0.2) is 13.2 Å². The molecule has 0 spiro atoms. The van der Waals surface area contributed by atoms with Crippen LogP contribution in [-0.2, 0) is 25.8 Å². The molecule has 2 rings (SSSR count). The Kier molecular flexibility index (Phi) is 5.01. The normalized spacial score (nSPS) is 26.0. The van der Waals surface area contributed by atoms with E-state index in [9.17, 15) is 18.0 Å². The monoisotopic (exact) mass is 367 g/mol. The molecule has 1 aromatic carbocycles. The van der Waals surface area contributed by atoms with Crippen molar-refractivity contribution in [3.63, 3.8) is 0 Å². The van der Waals surface area contributed by atoms with Gasteiger partial charge in [-0.3, -0.25) is 0 Å². The molecule has 1 amide bonds. The minimum atomic E-state index is -3.55. The van der Waals surface area contributed by atoms with Gasteiger partial charge in [-0.2, -0.15) is 0 Å². The van der Waals surface area contributed by atoms with E-state index in [-0.39, 0.29) is 0 Å². The number of aryl methyl sites for hydroxylation is 1. The summed E-state index contributed by atoms with van der Waals surface area (Å²) >= 11 is 0. The Morgan fingerprint density at radius 1 is 1.28 bits per heavy atom. The number of alkyl carbamates (subject to hydrolysis) is 1. The summed E-state index contributed by atoms with van der Waals surface area (Å²) in [5.74, 6) is -0.626. The predicted molar refractivity (Wildman–Crippen MR) is 95.4 cm³/mol. The summed E-state index contributed by atoms with van der Waals surface area (Å²) in [5, 5.41) is 1.50. The van der Waals surface area contributed by atoms with Crippen molar-refractivity contribution in [2.45, 2.75) is 56.4 Å². The van der Waals surface area contributed by atoms with Crippen LogP contribution in [0.2, 0.25) is 0 Å². The number of ether oxygens (including phenoxy) is 1. The molecule has 0 radical (unpaired) electrons. The van der Waals surface area contributed by atoms with E-state index in [1.54, 1.807) is 20.8 Å². The maximum atomic E-state index is 12.2. The smallest absolute Gasteiger partial charge is 0.408 e. The number of nitrogens with one attached hydrogen (secondary N) is 1. The maximum absolute atomic E-state index is 12.2. The lowest BCUT2D eigenvalue weighted by atomic mass is 10.0. The quantitative estimate of drug-likeness (QED) is 0.806. The number of hydrogen-bond donors (Lipinski definition) is 1. The Bertz CT molecular complexity index is 764. The van der Waals surface area contributed by atoms with Crippen LogP contribution in [0.25, 0.3) is 0 Å². The van der Waals surface area contributed by atoms with Gasteiger partial charge in [0.1, 0.15) is 22.7 Å². The van der Waals surface area contributed by atoms with E-state index >= 15 is 0 Å². The highest BCUT2D eigenvalue weighted by atomic mass is 32.2. The Hall–Kier alpha value is -1.89. The predicted octanol–water partition coefficient (Wildman–Crippen LogP) is 2.22. The number of sulfone groups is 1. The number of carbonyl (C=O) groups is 2. The zero-order valence-electron chi connectivity index (χ0n) is 15.2. The molecule has 0 saturated heterocycles. The van der Waals surface area contributed by atoms with Gasteiger partial charge >= 0.3 is 6.09 Å². The van der Waals surface area contributed by atoms with Crippen molar-refractivity contribution >= 4 is 22.2 Å². The van der Waals surface area contributed by atoms with Crippen LogP contribution in [0.1, 0.15) is 44.7 Å². The lowest BCUT2D eigenvalue weighted by molar-refractivity contribution is -0.110. The van der Waals surface area contributed by atoms with Crippen molar-refractivity contribution < 1.29 is 22.7 Å². The molecule has 0 heterocycles. The van der Waals surface area contributed by atoms with Crippen molar-refractivity contribution in [2.75, 3.05) is 6.26 Å². The highest BCUT2D eigenvalue weighted by Crippen LogP contribution is 2.54. The minimum Gasteiger partial charge on any atom is -0.444 e. The third-order valence-electron chi connectivity index (χ3n) is 4.30. The Morgan fingerprint density at radius 2 is 1.84 bits per heavy atom. The second kappa shape index (κ2) is 6.44. The summed E-state index contributed by atoms with van der Waals surface area (Å²) in [6.45, 7) is 7.11. The van der Waals surface area contributed by atoms with Crippen molar-refractivity contribution in [3.05, 3.63) is 35.4 Å². The highest BCUT2D eigenvalue weighted by Gasteiger charge is 2.71. The van der Waals surface area contributed by atoms with Crippen LogP contribution < -0.4 is 5.32 Å². The zero-order valence-corrected chi connectivity index (χ0v) is 16.0. The Morgan fingerprint density at radius 3 is 2.24 bits per heavy atom. The van der Waals surface area contributed by atoms with Crippen LogP contribution in [0.5, 0.6) is 0 Å². The van der Waals surface area contributed by atoms with Gasteiger partial charge in [0, 0.05) is 12.2 Å². The van der Waals surface area contributed by atoms with Gasteiger partial charge in [-0.15, -0.1) is 0 Å². The number of hydrogen-bond acceptors (Lipinski definition) is 5. The lowest BCUT2D eigenvalue weighted by Gasteiger charge is -2.22. The molecule has 1 saturated carbocycles. The molecule has 3 atom stereocenters. The largest absolute Gasteiger partial charge is 0.444 e. The SMILES string of the molecule is CCc1ccc([C@@H]2[C@@H](S(C)(=O)=O)[C@]2(C=O)NC(=O)OC(C)(C)C)cc1. The molecule has 1 fully saturated rings. The third-order valence-corrected chi connectivity index (χ3v) is 5.88. The van der Waals surface area contributed by atoms with Crippen molar-refractivity contribution in [1.82, 2.24) is 5.32 Å². The fourth-order valence-corrected chi connectivity index (χ4v) is 4.95. The molecule has 25 heavy (non-hydrogen) atoms. The first-order valence-corrected chi connectivity index (χ1v) is 10.1. The molecule has 0 unspecified atom stereocenters. The molecule has 1 N–H and O–H groups in total. The maximum Gasteiger partial charge on any atom is 0.408 e. The molecule has 1 aliphatic carbocycles. The second-order valence-electron chi connectivity index (χ2n) is 7.50. The molecule has 0 aromatic heterocycles. The van der Waals surface area contributed by atoms with Crippen LogP contribution in [-0.4, -0.2) is 43.4 Å². The average molecular weight is 367 g/mol. The summed E-state index contributed by atoms with van der Waals surface area (Å²) < 4.78 is 29.6. The average Bonchev–Trinajstić information content (AvgIpc) is 3.14. The molecule has 6 nitrogen and oxygen atoms in total. The molecular formula is C18H25NO5S. The zero-order chi connectivity index (χ0) is 19.0. The first kappa shape index (κ1) is 19.4. The van der Waals surface area contributed by atoms with Gasteiger partial charge < -0.3 is 14.8 Å². The van der Waals surface area contributed by atoms with Gasteiger partial charge in [0.15, 0.2) is 9.84 Å². The van der Waals surface area contributed by atoms with Gasteiger partial charge in [0.2, 0.25) is 0 Å². The number of amides is 1. The summed E-state index contributed by atoms with van der Waals surface area (Å²) in [6, 6.07) is 7.42. The molecule has 1 aromatic rings. The molecular weight excluding hydrogens is 342 g/mol. The minimum absolute atomic E-state index is 0.515. The second-order valence-corrected chi connectivity index (χ2v) is 9.67. The van der Waals surface area contributed by atoms with Crippen LogP contribution in [0.15, 0.2) is 24.3 Å². The summed E-state index contributed by atoms with van der Waals surface area (Å²) in [6.07, 6.45) is 1.64. The van der Waals surface area contributed by atoms with E-state index in [4.69, 9.17) is 4.74 Å². The highest BCUT2D eigenvalue weighted by molar-refractivity contribution is 7.91. The van der Waals surface area contributed by atoms with Crippen LogP contribution in [0, 0.1) is 0 Å². The topological polar surface area (TPSA) is 89.5 Å². The third kappa shape index (κ3) is 4.03. The van der Waals surface area contributed by atoms with E-state index in [0.29, 0.717) is 11.8 Å². The first-order valence-electron chi connectivity index (χ1n) is 8.20. The van der Waals surface area contributed by atoms with E-state index in [1.807, 2.05) is 31.2 Å². The van der Waals surface area contributed by atoms with E-state index in [2.05, 4.69) is 5.32 Å². The number of carbonyl (C=O) groups excluding carboxylic acids is 2. The Labute approximate surface area is 148 Å². The molecule has 1 aliphatic rings. The fourth-order valence-electron chi connectivity index (χ4n) is 3.19. The van der Waals surface area contributed by atoms with Gasteiger partial charge in [-0.05, 0) is 38.3 Å². The summed E-state index contributed by atoms with van der Waals surface area (Å²) in [4.78, 5) is 24.0. The number of aldehydes is 1. The summed E-state index contributed by atoms with van der Waals surface area (Å²) in [5.41, 5.74) is -0.432. The van der Waals surface area contributed by atoms with Crippen molar-refractivity contribution in [3.8, 4) is 0 Å². The Balaban J connectivity index is 2.36. The van der Waals surface area contributed by atoms with E-state index < -0.39 is 38.2 Å². The first-order chi connectivity index (χ1) is 11.4. The number of rotatable bonds is 5. The van der Waals surface area contributed by atoms with E-state index in [1.165, 1.54) is 0 Å². The summed E-state index contributed by atoms with van der Waals surface area (Å²) in [7, 11) is -3.55. The van der Waals surface area contributed by atoms with Crippen molar-refractivity contribution in [2.24, 2.45) is 0 Å². The van der Waals surface area contributed by atoms with Crippen LogP contribution in [0.3, 0.4) is 0 Å². The number of benzene rings is 1. The van der Waals surface area contributed by atoms with Gasteiger partial charge in [-0.1, -0.05) is 31.2 Å². The standard InChI is InChI=1S/C18H25NO5S/c1-6-12-7-9-13(10-8-12)14-15(25(5,22)23)18(14,11-20)19-16(21)24-17(2,3)4/h7-11,14-15H,6H2,1-5H3,(H,19,21)/t14-,15-,18-/m1/s1. The van der Waals surface area contributed by atoms with Gasteiger partial charge in [0.25, 0.3) is 0 Å². The molecule has 138 valence electrons.